The fourth-order valence-corrected chi connectivity index (χ4v) is 5.54. The molecule has 0 atom stereocenters. The number of para-hydroxylation sites is 1. The van der Waals surface area contributed by atoms with Gasteiger partial charge in [0.25, 0.3) is 5.91 Å². The highest BCUT2D eigenvalue weighted by molar-refractivity contribution is 6.40. The molecule has 3 aromatic rings. The largest absolute Gasteiger partial charge is 0.341 e. The zero-order valence-electron chi connectivity index (χ0n) is 20.5. The molecule has 1 aromatic heterocycles. The zero-order chi connectivity index (χ0) is 24.7. The van der Waals surface area contributed by atoms with Crippen molar-refractivity contribution in [1.82, 2.24) is 14.9 Å². The van der Waals surface area contributed by atoms with Gasteiger partial charge in [-0.25, -0.2) is 4.98 Å². The minimum atomic E-state index is -0.238. The first-order valence-corrected chi connectivity index (χ1v) is 12.5. The van der Waals surface area contributed by atoms with Gasteiger partial charge in [0.05, 0.1) is 22.4 Å². The van der Waals surface area contributed by atoms with Gasteiger partial charge < -0.3 is 15.1 Å². The Kier molecular flexibility index (Phi) is 7.95. The quantitative estimate of drug-likeness (QED) is 0.424. The van der Waals surface area contributed by atoms with Gasteiger partial charge in [-0.15, -0.1) is 12.4 Å². The van der Waals surface area contributed by atoms with E-state index in [-0.39, 0.29) is 25.0 Å². The molecule has 0 saturated carbocycles. The van der Waals surface area contributed by atoms with E-state index < -0.39 is 0 Å². The summed E-state index contributed by atoms with van der Waals surface area (Å²) in [7, 11) is 4.06. The van der Waals surface area contributed by atoms with Crippen molar-refractivity contribution < 1.29 is 4.79 Å². The molecular weight excluding hydrogens is 519 g/mol. The average Bonchev–Trinajstić information content (AvgIpc) is 2.83. The third-order valence-corrected chi connectivity index (χ3v) is 7.46. The average molecular weight is 548 g/mol. The molecule has 0 radical (unpaired) electrons. The lowest BCUT2D eigenvalue weighted by Crippen LogP contribution is -2.46. The van der Waals surface area contributed by atoms with Gasteiger partial charge in [0.15, 0.2) is 0 Å². The number of likely N-dealkylation sites (tertiary alicyclic amines) is 1. The summed E-state index contributed by atoms with van der Waals surface area (Å²) >= 11 is 12.7. The van der Waals surface area contributed by atoms with Gasteiger partial charge in [0, 0.05) is 18.9 Å². The number of benzene rings is 2. The molecule has 36 heavy (non-hydrogen) atoms. The van der Waals surface area contributed by atoms with Crippen molar-refractivity contribution in [3.63, 3.8) is 0 Å². The van der Waals surface area contributed by atoms with Crippen molar-refractivity contribution in [2.45, 2.75) is 25.7 Å². The van der Waals surface area contributed by atoms with E-state index >= 15 is 0 Å². The van der Waals surface area contributed by atoms with Gasteiger partial charge in [-0.2, -0.15) is 4.98 Å². The molecule has 1 fully saturated rings. The molecule has 1 amide bonds. The van der Waals surface area contributed by atoms with Gasteiger partial charge in [-0.3, -0.25) is 9.69 Å². The second-order valence-corrected chi connectivity index (χ2v) is 10.2. The summed E-state index contributed by atoms with van der Waals surface area (Å²) in [5.74, 6) is 1.37. The van der Waals surface area contributed by atoms with Gasteiger partial charge in [-0.05, 0) is 81.2 Å². The van der Waals surface area contributed by atoms with Crippen molar-refractivity contribution in [2.75, 3.05) is 49.0 Å². The molecule has 2 aliphatic rings. The number of nitrogens with zero attached hydrogens (tertiary/aromatic N) is 5. The van der Waals surface area contributed by atoms with E-state index in [1.807, 2.05) is 11.9 Å². The van der Waals surface area contributed by atoms with Crippen LogP contribution in [0.3, 0.4) is 0 Å². The monoisotopic (exact) mass is 546 g/mol. The Morgan fingerprint density at radius 3 is 2.42 bits per heavy atom. The number of amides is 1. The van der Waals surface area contributed by atoms with Gasteiger partial charge in [0.1, 0.15) is 11.4 Å². The summed E-state index contributed by atoms with van der Waals surface area (Å²) < 4.78 is 0. The Labute approximate surface area is 227 Å². The highest BCUT2D eigenvalue weighted by Gasteiger charge is 2.32. The molecule has 2 aromatic carbocycles. The highest BCUT2D eigenvalue weighted by Crippen LogP contribution is 2.38. The maximum atomic E-state index is 13.3. The molecule has 1 N–H and O–H groups in total. The number of carbonyl (C=O) groups is 1. The van der Waals surface area contributed by atoms with Crippen molar-refractivity contribution in [2.24, 2.45) is 0 Å². The van der Waals surface area contributed by atoms with Crippen LogP contribution in [0, 0.1) is 6.92 Å². The van der Waals surface area contributed by atoms with E-state index in [4.69, 9.17) is 23.2 Å². The molecule has 3 heterocycles. The third kappa shape index (κ3) is 5.11. The van der Waals surface area contributed by atoms with E-state index in [2.05, 4.69) is 52.4 Å². The number of rotatable bonds is 4. The van der Waals surface area contributed by atoms with Gasteiger partial charge >= 0.3 is 0 Å². The van der Waals surface area contributed by atoms with Crippen molar-refractivity contribution in [1.29, 1.82) is 0 Å². The number of hydrogen-bond acceptors (Lipinski definition) is 6. The first kappa shape index (κ1) is 26.5. The standard InChI is InChI=1S/C26H28Cl2N6O.ClH/c1-16-13-18(7-8-19(16)17-9-11-32(2)12-10-17)30-26-29-14-20-24(31-26)33(3)15-34(25(20)35)23-21(27)5-4-6-22(23)28;/h4-8,13-14,17H,9-12,15H2,1-3H3,(H,29,30,31);1H. The van der Waals surface area contributed by atoms with Crippen LogP contribution in [0.15, 0.2) is 42.6 Å². The number of carbonyl (C=O) groups excluding carboxylic acids is 1. The van der Waals surface area contributed by atoms with E-state index in [0.29, 0.717) is 39.0 Å². The molecule has 1 saturated heterocycles. The van der Waals surface area contributed by atoms with Crippen LogP contribution in [0.4, 0.5) is 23.1 Å². The first-order valence-electron chi connectivity index (χ1n) is 11.7. The van der Waals surface area contributed by atoms with Crippen LogP contribution in [-0.2, 0) is 0 Å². The van der Waals surface area contributed by atoms with Crippen molar-refractivity contribution in [3.8, 4) is 0 Å². The van der Waals surface area contributed by atoms with Crippen LogP contribution in [0.25, 0.3) is 0 Å². The molecular formula is C26H29Cl3N6O. The van der Waals surface area contributed by atoms with E-state index in [1.54, 1.807) is 29.3 Å². The smallest absolute Gasteiger partial charge is 0.265 e. The number of hydrogen-bond donors (Lipinski definition) is 1. The van der Waals surface area contributed by atoms with Crippen LogP contribution in [0.5, 0.6) is 0 Å². The number of anilines is 4. The second kappa shape index (κ2) is 10.8. The topological polar surface area (TPSA) is 64.6 Å². The number of aryl methyl sites for hydroxylation is 1. The fourth-order valence-electron chi connectivity index (χ4n) is 4.94. The number of nitrogens with one attached hydrogen (secondary N) is 1. The minimum absolute atomic E-state index is 0. The predicted molar refractivity (Wildman–Crippen MR) is 150 cm³/mol. The Morgan fingerprint density at radius 2 is 1.75 bits per heavy atom. The van der Waals surface area contributed by atoms with Crippen LogP contribution >= 0.6 is 35.6 Å². The summed E-state index contributed by atoms with van der Waals surface area (Å²) in [4.78, 5) is 28.2. The lowest BCUT2D eigenvalue weighted by atomic mass is 9.87. The summed E-state index contributed by atoms with van der Waals surface area (Å²) in [5.41, 5.74) is 4.49. The summed E-state index contributed by atoms with van der Waals surface area (Å²) in [5, 5.41) is 4.14. The number of piperidine rings is 1. The zero-order valence-corrected chi connectivity index (χ0v) is 22.8. The first-order chi connectivity index (χ1) is 16.8. The van der Waals surface area contributed by atoms with Gasteiger partial charge in [0.2, 0.25) is 5.95 Å². The maximum Gasteiger partial charge on any atom is 0.265 e. The summed E-state index contributed by atoms with van der Waals surface area (Å²) in [6.45, 7) is 4.71. The predicted octanol–water partition coefficient (Wildman–Crippen LogP) is 6.12. The molecule has 7 nitrogen and oxygen atoms in total. The van der Waals surface area contributed by atoms with Crippen molar-refractivity contribution in [3.05, 3.63) is 69.3 Å². The molecule has 2 aliphatic heterocycles. The highest BCUT2D eigenvalue weighted by atomic mass is 35.5. The Hall–Kier alpha value is -2.58. The fraction of sp³-hybridized carbons (Fsp3) is 0.346. The van der Waals surface area contributed by atoms with Crippen LogP contribution in [0.1, 0.15) is 40.2 Å². The van der Waals surface area contributed by atoms with Gasteiger partial charge in [-0.1, -0.05) is 35.3 Å². The normalized spacial score (nSPS) is 16.5. The molecule has 190 valence electrons. The van der Waals surface area contributed by atoms with Crippen LogP contribution < -0.4 is 15.1 Å². The lowest BCUT2D eigenvalue weighted by Gasteiger charge is -2.35. The summed E-state index contributed by atoms with van der Waals surface area (Å²) in [6, 6.07) is 11.6. The van der Waals surface area contributed by atoms with E-state index in [1.165, 1.54) is 24.0 Å². The molecule has 0 bridgehead atoms. The number of fused-ring (bicyclic) bond motifs is 1. The van der Waals surface area contributed by atoms with E-state index in [9.17, 15) is 4.79 Å². The molecule has 0 spiro atoms. The Bertz CT molecular complexity index is 1260. The third-order valence-electron chi connectivity index (χ3n) is 6.85. The Balaban J connectivity index is 0.00000304. The van der Waals surface area contributed by atoms with Crippen LogP contribution in [0.2, 0.25) is 10.0 Å². The molecule has 0 unspecified atom stereocenters. The summed E-state index contributed by atoms with van der Waals surface area (Å²) in [6.07, 6.45) is 3.93. The van der Waals surface area contributed by atoms with Crippen LogP contribution in [-0.4, -0.2) is 54.6 Å². The van der Waals surface area contributed by atoms with E-state index in [0.717, 1.165) is 18.8 Å². The molecule has 0 aliphatic carbocycles. The second-order valence-electron chi connectivity index (χ2n) is 9.35. The number of aromatic nitrogens is 2. The minimum Gasteiger partial charge on any atom is -0.341 e. The number of halogens is 3. The maximum absolute atomic E-state index is 13.3. The van der Waals surface area contributed by atoms with Crippen molar-refractivity contribution >= 4 is 64.7 Å². The SMILES string of the molecule is Cc1cc(Nc2ncc3c(n2)N(C)CN(c2c(Cl)cccc2Cl)C3=O)ccc1C1CCN(C)CC1.Cl. The molecule has 10 heteroatoms. The molecule has 5 rings (SSSR count). The Morgan fingerprint density at radius 1 is 1.06 bits per heavy atom. The lowest BCUT2D eigenvalue weighted by molar-refractivity contribution is 0.0982.